The first-order valence-electron chi connectivity index (χ1n) is 3.90. The normalized spacial score (nSPS) is 9.13. The highest BCUT2D eigenvalue weighted by molar-refractivity contribution is 6.34. The first-order valence-corrected chi connectivity index (χ1v) is 4.66. The molecule has 1 aromatic rings. The van der Waals surface area contributed by atoms with E-state index in [0.717, 1.165) is 0 Å². The van der Waals surface area contributed by atoms with E-state index in [1.807, 2.05) is 0 Å². The van der Waals surface area contributed by atoms with E-state index in [1.165, 1.54) is 18.2 Å². The molecule has 4 nitrogen and oxygen atoms in total. The van der Waals surface area contributed by atoms with Crippen LogP contribution in [0.25, 0.3) is 0 Å². The molecule has 0 atom stereocenters. The molecule has 0 saturated heterocycles. The highest BCUT2D eigenvalue weighted by Crippen LogP contribution is 2.24. The van der Waals surface area contributed by atoms with Crippen LogP contribution in [0.4, 0.5) is 4.79 Å². The second-order valence-electron chi connectivity index (χ2n) is 2.51. The third kappa shape index (κ3) is 4.07. The SMILES string of the molecule is N#CCNC(=O)Oc1cc(Cl)cc(Cl)c1. The van der Waals surface area contributed by atoms with Gasteiger partial charge in [0.25, 0.3) is 0 Å². The fraction of sp³-hybridized carbons (Fsp3) is 0.111. The number of nitriles is 1. The molecule has 6 heteroatoms. The molecule has 0 spiro atoms. The Hall–Kier alpha value is -1.44. The molecule has 1 N–H and O–H groups in total. The first-order chi connectivity index (χ1) is 7.11. The Morgan fingerprint density at radius 3 is 2.53 bits per heavy atom. The average Bonchev–Trinajstić information content (AvgIpc) is 2.13. The Balaban J connectivity index is 2.65. The zero-order chi connectivity index (χ0) is 11.3. The van der Waals surface area contributed by atoms with E-state index in [-0.39, 0.29) is 12.3 Å². The predicted octanol–water partition coefficient (Wildman–Crippen LogP) is 2.61. The standard InChI is InChI=1S/C9H6Cl2N2O2/c10-6-3-7(11)5-8(4-6)15-9(14)13-2-1-12/h3-5H,2H2,(H,13,14). The van der Waals surface area contributed by atoms with Gasteiger partial charge < -0.3 is 10.1 Å². The molecule has 1 amide bonds. The van der Waals surface area contributed by atoms with Crippen molar-refractivity contribution < 1.29 is 9.53 Å². The van der Waals surface area contributed by atoms with Crippen molar-refractivity contribution in [1.82, 2.24) is 5.32 Å². The molecule has 78 valence electrons. The van der Waals surface area contributed by atoms with Crippen molar-refractivity contribution in [3.05, 3.63) is 28.2 Å². The topological polar surface area (TPSA) is 62.1 Å². The Kier molecular flexibility index (Phi) is 4.22. The number of ether oxygens (including phenoxy) is 1. The summed E-state index contributed by atoms with van der Waals surface area (Å²) in [6, 6.07) is 6.15. The average molecular weight is 245 g/mol. The fourth-order valence-corrected chi connectivity index (χ4v) is 1.35. The summed E-state index contributed by atoms with van der Waals surface area (Å²) in [5.74, 6) is 0.225. The van der Waals surface area contributed by atoms with E-state index in [4.69, 9.17) is 33.2 Å². The Labute approximate surface area is 96.4 Å². The number of rotatable bonds is 2. The maximum Gasteiger partial charge on any atom is 0.413 e. The Morgan fingerprint density at radius 2 is 2.00 bits per heavy atom. The van der Waals surface area contributed by atoms with E-state index in [1.54, 1.807) is 6.07 Å². The predicted molar refractivity (Wildman–Crippen MR) is 56.1 cm³/mol. The van der Waals surface area contributed by atoms with E-state index in [9.17, 15) is 4.79 Å². The molecule has 0 radical (unpaired) electrons. The maximum absolute atomic E-state index is 11.0. The van der Waals surface area contributed by atoms with Crippen molar-refractivity contribution in [1.29, 1.82) is 5.26 Å². The van der Waals surface area contributed by atoms with Crippen LogP contribution in [0.2, 0.25) is 10.0 Å². The Bertz CT molecular complexity index is 395. The molecule has 0 unspecified atom stereocenters. The number of hydrogen-bond acceptors (Lipinski definition) is 3. The van der Waals surface area contributed by atoms with Gasteiger partial charge in [0.1, 0.15) is 12.3 Å². The van der Waals surface area contributed by atoms with E-state index in [2.05, 4.69) is 5.32 Å². The number of carbonyl (C=O) groups excluding carboxylic acids is 1. The van der Waals surface area contributed by atoms with Crippen LogP contribution in [-0.2, 0) is 0 Å². The number of benzene rings is 1. The largest absolute Gasteiger partial charge is 0.413 e. The Morgan fingerprint density at radius 1 is 1.40 bits per heavy atom. The monoisotopic (exact) mass is 244 g/mol. The van der Waals surface area contributed by atoms with Crippen LogP contribution in [0.3, 0.4) is 0 Å². The van der Waals surface area contributed by atoms with Gasteiger partial charge in [-0.1, -0.05) is 23.2 Å². The minimum atomic E-state index is -0.727. The molecule has 0 aromatic heterocycles. The second kappa shape index (κ2) is 5.44. The third-order valence-corrected chi connectivity index (χ3v) is 1.79. The summed E-state index contributed by atoms with van der Waals surface area (Å²) in [4.78, 5) is 11.0. The molecule has 0 aliphatic heterocycles. The van der Waals surface area contributed by atoms with Gasteiger partial charge in [0.2, 0.25) is 0 Å². The summed E-state index contributed by atoms with van der Waals surface area (Å²) in [7, 11) is 0. The molecular formula is C9H6Cl2N2O2. The summed E-state index contributed by atoms with van der Waals surface area (Å²) < 4.78 is 4.81. The molecule has 0 aliphatic carbocycles. The summed E-state index contributed by atoms with van der Waals surface area (Å²) in [5, 5.41) is 11.2. The highest BCUT2D eigenvalue weighted by Gasteiger charge is 2.05. The molecule has 0 heterocycles. The van der Waals surface area contributed by atoms with E-state index in [0.29, 0.717) is 10.0 Å². The minimum Gasteiger partial charge on any atom is -0.410 e. The number of carbonyl (C=O) groups is 1. The molecule has 0 fully saturated rings. The van der Waals surface area contributed by atoms with Crippen LogP contribution >= 0.6 is 23.2 Å². The second-order valence-corrected chi connectivity index (χ2v) is 3.38. The van der Waals surface area contributed by atoms with Gasteiger partial charge in [-0.3, -0.25) is 0 Å². The lowest BCUT2D eigenvalue weighted by atomic mass is 10.3. The smallest absolute Gasteiger partial charge is 0.410 e. The van der Waals surface area contributed by atoms with Gasteiger partial charge in [-0.2, -0.15) is 5.26 Å². The van der Waals surface area contributed by atoms with Crippen LogP contribution in [0.5, 0.6) is 5.75 Å². The van der Waals surface area contributed by atoms with Crippen molar-refractivity contribution in [2.75, 3.05) is 6.54 Å². The number of amides is 1. The summed E-state index contributed by atoms with van der Waals surface area (Å²) in [6.07, 6.45) is -0.727. The molecule has 1 rings (SSSR count). The molecule has 0 bridgehead atoms. The first kappa shape index (κ1) is 11.6. The van der Waals surface area contributed by atoms with Crippen molar-refractivity contribution in [2.45, 2.75) is 0 Å². The molecule has 15 heavy (non-hydrogen) atoms. The zero-order valence-corrected chi connectivity index (χ0v) is 8.97. The molecule has 0 aliphatic rings. The number of nitrogens with one attached hydrogen (secondary N) is 1. The third-order valence-electron chi connectivity index (χ3n) is 1.36. The van der Waals surface area contributed by atoms with Crippen LogP contribution < -0.4 is 10.1 Å². The summed E-state index contributed by atoms with van der Waals surface area (Å²) >= 11 is 11.4. The molecule has 0 saturated carbocycles. The van der Waals surface area contributed by atoms with Gasteiger partial charge >= 0.3 is 6.09 Å². The maximum atomic E-state index is 11.0. The molecular weight excluding hydrogens is 239 g/mol. The van der Waals surface area contributed by atoms with Crippen LogP contribution in [-0.4, -0.2) is 12.6 Å². The quantitative estimate of drug-likeness (QED) is 0.814. The van der Waals surface area contributed by atoms with Crippen molar-refractivity contribution >= 4 is 29.3 Å². The van der Waals surface area contributed by atoms with Crippen LogP contribution in [0, 0.1) is 11.3 Å². The van der Waals surface area contributed by atoms with Gasteiger partial charge in [-0.25, -0.2) is 4.79 Å². The lowest BCUT2D eigenvalue weighted by Crippen LogP contribution is -2.26. The van der Waals surface area contributed by atoms with Crippen molar-refractivity contribution in [2.24, 2.45) is 0 Å². The van der Waals surface area contributed by atoms with Crippen molar-refractivity contribution in [3.63, 3.8) is 0 Å². The lowest BCUT2D eigenvalue weighted by molar-refractivity contribution is 0.202. The minimum absolute atomic E-state index is 0.118. The van der Waals surface area contributed by atoms with Gasteiger partial charge in [0, 0.05) is 10.0 Å². The van der Waals surface area contributed by atoms with E-state index >= 15 is 0 Å². The fourth-order valence-electron chi connectivity index (χ4n) is 0.842. The van der Waals surface area contributed by atoms with Gasteiger partial charge in [-0.05, 0) is 18.2 Å². The highest BCUT2D eigenvalue weighted by atomic mass is 35.5. The lowest BCUT2D eigenvalue weighted by Gasteiger charge is -2.04. The zero-order valence-electron chi connectivity index (χ0n) is 7.46. The van der Waals surface area contributed by atoms with E-state index < -0.39 is 6.09 Å². The molecule has 1 aromatic carbocycles. The number of hydrogen-bond donors (Lipinski definition) is 1. The summed E-state index contributed by atoms with van der Waals surface area (Å²) in [5.41, 5.74) is 0. The number of halogens is 2. The van der Waals surface area contributed by atoms with Gasteiger partial charge in [0.15, 0.2) is 0 Å². The van der Waals surface area contributed by atoms with Gasteiger partial charge in [0.05, 0.1) is 6.07 Å². The van der Waals surface area contributed by atoms with Crippen LogP contribution in [0.15, 0.2) is 18.2 Å². The van der Waals surface area contributed by atoms with Crippen LogP contribution in [0.1, 0.15) is 0 Å². The summed E-state index contributed by atoms with van der Waals surface area (Å²) in [6.45, 7) is -0.118. The van der Waals surface area contributed by atoms with Gasteiger partial charge in [-0.15, -0.1) is 0 Å². The van der Waals surface area contributed by atoms with Crippen molar-refractivity contribution in [3.8, 4) is 11.8 Å². The number of nitrogens with zero attached hydrogens (tertiary/aromatic N) is 1.